The molecule has 0 bridgehead atoms. The number of benzene rings is 2. The third-order valence-electron chi connectivity index (χ3n) is 7.40. The van der Waals surface area contributed by atoms with Crippen LogP contribution in [-0.2, 0) is 29.3 Å². The molecule has 0 saturated heterocycles. The zero-order chi connectivity index (χ0) is 27.1. The Morgan fingerprint density at radius 3 is 2.55 bits per heavy atom. The van der Waals surface area contributed by atoms with Crippen LogP contribution in [0.4, 0.5) is 29.6 Å². The van der Waals surface area contributed by atoms with Gasteiger partial charge in [0.25, 0.3) is 0 Å². The summed E-state index contributed by atoms with van der Waals surface area (Å²) in [5.41, 5.74) is 6.72. The summed E-state index contributed by atoms with van der Waals surface area (Å²) in [6.45, 7) is 2.62. The maximum Gasteiger partial charge on any atom is 0.434 e. The van der Waals surface area contributed by atoms with E-state index in [-0.39, 0.29) is 17.0 Å². The van der Waals surface area contributed by atoms with Gasteiger partial charge in [0, 0.05) is 36.0 Å². The van der Waals surface area contributed by atoms with Crippen LogP contribution < -0.4 is 16.0 Å². The van der Waals surface area contributed by atoms with E-state index in [0.29, 0.717) is 30.1 Å². The molecule has 11 heteroatoms. The Morgan fingerprint density at radius 2 is 1.89 bits per heavy atom. The molecule has 200 valence electrons. The number of rotatable bonds is 5. The van der Waals surface area contributed by atoms with Crippen LogP contribution >= 0.6 is 0 Å². The monoisotopic (exact) mass is 543 g/mol. The molecule has 0 radical (unpaired) electrons. The van der Waals surface area contributed by atoms with Crippen molar-refractivity contribution in [2.24, 2.45) is 0 Å². The van der Waals surface area contributed by atoms with E-state index < -0.39 is 29.0 Å². The number of halogens is 3. The fourth-order valence-corrected chi connectivity index (χ4v) is 6.29. The number of nitrogens with one attached hydrogen (secondary N) is 1. The highest BCUT2D eigenvalue weighted by Crippen LogP contribution is 2.51. The van der Waals surface area contributed by atoms with Gasteiger partial charge in [0.15, 0.2) is 10.6 Å². The van der Waals surface area contributed by atoms with Gasteiger partial charge in [0.1, 0.15) is 5.75 Å². The van der Waals surface area contributed by atoms with Crippen LogP contribution in [0.25, 0.3) is 11.1 Å². The first-order chi connectivity index (χ1) is 18.1. The van der Waals surface area contributed by atoms with Gasteiger partial charge < -0.3 is 15.6 Å². The number of urea groups is 1. The van der Waals surface area contributed by atoms with Crippen LogP contribution in [0.5, 0.6) is 0 Å². The van der Waals surface area contributed by atoms with Gasteiger partial charge >= 0.3 is 12.2 Å². The maximum absolute atomic E-state index is 13.7. The third kappa shape index (κ3) is 4.92. The highest BCUT2D eigenvalue weighted by molar-refractivity contribution is 7.91. The normalized spacial score (nSPS) is 17.0. The van der Waals surface area contributed by atoms with E-state index in [4.69, 9.17) is 5.73 Å². The molecular weight excluding hydrogens is 515 g/mol. The lowest BCUT2D eigenvalue weighted by atomic mass is 9.80. The topological polar surface area (TPSA) is 107 Å². The van der Waals surface area contributed by atoms with Gasteiger partial charge in [0.2, 0.25) is 5.95 Å². The van der Waals surface area contributed by atoms with Gasteiger partial charge in [-0.2, -0.15) is 13.2 Å². The number of carbonyl (C=O) groups is 1. The van der Waals surface area contributed by atoms with E-state index in [2.05, 4.69) is 15.3 Å². The molecule has 3 N–H and O–H groups in total. The minimum Gasteiger partial charge on any atom is -0.611 e. The Kier molecular flexibility index (Phi) is 6.99. The van der Waals surface area contributed by atoms with Crippen molar-refractivity contribution in [2.45, 2.75) is 55.6 Å². The zero-order valence-corrected chi connectivity index (χ0v) is 21.7. The van der Waals surface area contributed by atoms with Gasteiger partial charge in [-0.3, -0.25) is 4.90 Å². The number of nitrogen functional groups attached to an aromatic ring is 1. The summed E-state index contributed by atoms with van der Waals surface area (Å²) in [6.07, 6.45) is 0.106. The largest absolute Gasteiger partial charge is 0.611 e. The van der Waals surface area contributed by atoms with Crippen LogP contribution in [-0.4, -0.2) is 32.8 Å². The molecular formula is C27H28F3N5O2S. The number of amides is 2. The van der Waals surface area contributed by atoms with E-state index >= 15 is 0 Å². The maximum atomic E-state index is 13.7. The number of anilines is 2. The number of fused-ring (bicyclic) bond motifs is 2. The summed E-state index contributed by atoms with van der Waals surface area (Å²) in [6, 6.07) is 12.1. The van der Waals surface area contributed by atoms with Gasteiger partial charge in [-0.15, -0.1) is 0 Å². The van der Waals surface area contributed by atoms with Crippen LogP contribution in [0.15, 0.2) is 53.6 Å². The number of nitrogens with two attached hydrogens (primary N) is 1. The van der Waals surface area contributed by atoms with Gasteiger partial charge in [-0.25, -0.2) is 14.8 Å². The van der Waals surface area contributed by atoms with Crippen molar-refractivity contribution in [3.63, 3.8) is 0 Å². The smallest absolute Gasteiger partial charge is 0.434 e. The van der Waals surface area contributed by atoms with Gasteiger partial charge in [-0.1, -0.05) is 31.0 Å². The van der Waals surface area contributed by atoms with Crippen LogP contribution in [0.2, 0.25) is 0 Å². The lowest BCUT2D eigenvalue weighted by Gasteiger charge is -2.25. The second-order valence-corrected chi connectivity index (χ2v) is 11.5. The molecule has 1 atom stereocenters. The summed E-state index contributed by atoms with van der Waals surface area (Å²) >= 11 is -1.04. The molecule has 3 aromatic rings. The molecule has 1 fully saturated rings. The Morgan fingerprint density at radius 1 is 1.18 bits per heavy atom. The lowest BCUT2D eigenvalue weighted by molar-refractivity contribution is -0.140. The molecule has 5 rings (SSSR count). The molecule has 1 saturated carbocycles. The average molecular weight is 544 g/mol. The molecule has 2 aromatic carbocycles. The van der Waals surface area contributed by atoms with Gasteiger partial charge in [-0.05, 0) is 71.9 Å². The molecule has 1 aliphatic heterocycles. The highest BCUT2D eigenvalue weighted by Gasteiger charge is 2.46. The second-order valence-electron chi connectivity index (χ2n) is 9.73. The SMILES string of the molecule is CC[S+]([O-])c1ccc(CNC(=O)N2CC3(CCCC3)c3cc(-c4cnc(N)nc4C(F)(F)F)ccc32)cc1. The predicted molar refractivity (Wildman–Crippen MR) is 140 cm³/mol. The van der Waals surface area contributed by atoms with Crippen molar-refractivity contribution >= 4 is 28.8 Å². The van der Waals surface area contributed by atoms with Crippen LogP contribution in [0.1, 0.15) is 49.4 Å². The molecule has 38 heavy (non-hydrogen) atoms. The minimum absolute atomic E-state index is 0.141. The number of alkyl halides is 3. The highest BCUT2D eigenvalue weighted by atomic mass is 32.2. The standard InChI is InChI=1S/C27H28F3N5O2S/c1-2-38(37)19-8-5-17(6-9-19)14-33-25(36)35-16-26(11-3-4-12-26)21-13-18(7-10-22(21)35)20-15-32-24(31)34-23(20)27(28,29)30/h5-10,13,15H,2-4,11-12,14,16H2,1H3,(H,33,36)(H2,31,32,34). The molecule has 2 amide bonds. The quantitative estimate of drug-likeness (QED) is 0.418. The molecule has 2 heterocycles. The first kappa shape index (κ1) is 26.3. The van der Waals surface area contributed by atoms with Crippen LogP contribution in [0.3, 0.4) is 0 Å². The van der Waals surface area contributed by atoms with E-state index in [1.807, 2.05) is 19.1 Å². The van der Waals surface area contributed by atoms with Crippen molar-refractivity contribution in [3.8, 4) is 11.1 Å². The molecule has 2 aliphatic rings. The summed E-state index contributed by atoms with van der Waals surface area (Å²) in [7, 11) is 0. The van der Waals surface area contributed by atoms with Crippen molar-refractivity contribution < 1.29 is 22.5 Å². The first-order valence-electron chi connectivity index (χ1n) is 12.5. The molecule has 1 aromatic heterocycles. The van der Waals surface area contributed by atoms with E-state index in [1.54, 1.807) is 35.2 Å². The van der Waals surface area contributed by atoms with Crippen molar-refractivity contribution in [1.29, 1.82) is 0 Å². The summed E-state index contributed by atoms with van der Waals surface area (Å²) < 4.78 is 53.2. The number of aromatic nitrogens is 2. The van der Waals surface area contributed by atoms with Gasteiger partial charge in [0.05, 0.1) is 0 Å². The van der Waals surface area contributed by atoms with E-state index in [9.17, 15) is 22.5 Å². The van der Waals surface area contributed by atoms with E-state index in [0.717, 1.165) is 47.9 Å². The Hall–Kier alpha value is -3.31. The zero-order valence-electron chi connectivity index (χ0n) is 20.8. The van der Waals surface area contributed by atoms with Crippen molar-refractivity contribution in [2.75, 3.05) is 22.9 Å². The fourth-order valence-electron chi connectivity index (χ4n) is 5.52. The number of nitrogens with zero attached hydrogens (tertiary/aromatic N) is 3. The lowest BCUT2D eigenvalue weighted by Crippen LogP contribution is -2.41. The molecule has 1 unspecified atom stereocenters. The molecule has 1 aliphatic carbocycles. The van der Waals surface area contributed by atoms with Crippen LogP contribution in [0, 0.1) is 0 Å². The van der Waals surface area contributed by atoms with E-state index in [1.165, 1.54) is 0 Å². The summed E-state index contributed by atoms with van der Waals surface area (Å²) in [5, 5.41) is 2.96. The minimum atomic E-state index is -4.69. The number of hydrogen-bond acceptors (Lipinski definition) is 5. The fraction of sp³-hybridized carbons (Fsp3) is 0.370. The first-order valence-corrected chi connectivity index (χ1v) is 13.8. The predicted octanol–water partition coefficient (Wildman–Crippen LogP) is 5.41. The Bertz CT molecular complexity index is 1340. The Labute approximate surface area is 221 Å². The summed E-state index contributed by atoms with van der Waals surface area (Å²) in [5.74, 6) is 0.0992. The van der Waals surface area contributed by atoms with Crippen molar-refractivity contribution in [1.82, 2.24) is 15.3 Å². The second kappa shape index (κ2) is 10.1. The number of carbonyl (C=O) groups excluding carboxylic acids is 1. The summed E-state index contributed by atoms with van der Waals surface area (Å²) in [4.78, 5) is 23.0. The molecule has 1 spiro atoms. The molecule has 7 nitrogen and oxygen atoms in total. The Balaban J connectivity index is 1.42. The average Bonchev–Trinajstić information content (AvgIpc) is 3.51. The number of hydrogen-bond donors (Lipinski definition) is 2. The third-order valence-corrected chi connectivity index (χ3v) is 8.73. The van der Waals surface area contributed by atoms with Crippen molar-refractivity contribution in [3.05, 3.63) is 65.5 Å².